The topological polar surface area (TPSA) is 78.8 Å². The van der Waals surface area contributed by atoms with Gasteiger partial charge in [-0.1, -0.05) is 119 Å². The molecule has 16 heteroatoms. The Morgan fingerprint density at radius 3 is 1.18 bits per heavy atom. The van der Waals surface area contributed by atoms with Gasteiger partial charge in [0.05, 0.1) is 0 Å². The van der Waals surface area contributed by atoms with Crippen molar-refractivity contribution in [2.24, 2.45) is 7.92 Å². The zero-order chi connectivity index (χ0) is 56.4. The van der Waals surface area contributed by atoms with Crippen molar-refractivity contribution in [3.05, 3.63) is 46.2 Å². The average Bonchev–Trinajstić information content (AvgIpc) is 2.87. The second-order valence-electron chi connectivity index (χ2n) is 22.6. The number of hydrogen-bond donors (Lipinski definition) is 0. The van der Waals surface area contributed by atoms with Crippen LogP contribution in [-0.4, -0.2) is 45.7 Å². The number of nitrogens with zero attached hydrogens (tertiary/aromatic N) is 6. The molecule has 0 amide bonds. The summed E-state index contributed by atoms with van der Waals surface area (Å²) < 4.78 is 45.9. The van der Waals surface area contributed by atoms with Gasteiger partial charge in [0, 0.05) is 0 Å². The molecule has 1 aliphatic rings. The molecule has 0 saturated carbocycles. The minimum absolute atomic E-state index is 0.295. The van der Waals surface area contributed by atoms with E-state index in [-0.39, 0.29) is 14.6 Å². The van der Waals surface area contributed by atoms with Crippen LogP contribution in [0.3, 0.4) is 0 Å². The third-order valence-electron chi connectivity index (χ3n) is 16.3. The van der Waals surface area contributed by atoms with Crippen molar-refractivity contribution in [2.75, 3.05) is 13.2 Å². The van der Waals surface area contributed by atoms with Crippen molar-refractivity contribution in [1.82, 2.24) is 17.9 Å². The summed E-state index contributed by atoms with van der Waals surface area (Å²) >= 11 is 12.7. The maximum atomic E-state index is 6.93. The zero-order valence-corrected chi connectivity index (χ0v) is 56.9. The molecular weight excluding hydrogens is 1210 g/mol. The Kier molecular flexibility index (Phi) is 21.5. The summed E-state index contributed by atoms with van der Waals surface area (Å²) in [5, 5.41) is 0. The van der Waals surface area contributed by atoms with E-state index in [1.54, 1.807) is 0 Å². The summed E-state index contributed by atoms with van der Waals surface area (Å²) in [5.41, 5.74) is 11.4. The first-order chi connectivity index (χ1) is 40.5. The molecule has 0 aliphatic carbocycles. The number of ether oxygens (including phenoxy) is 2. The molecule has 0 spiro atoms. The summed E-state index contributed by atoms with van der Waals surface area (Å²) in [4.78, 5) is 10.3. The molecule has 0 atom stereocenters. The molecule has 0 fully saturated rings. The molecule has 0 radical (unpaired) electrons. The average molecular weight is 1300 g/mol. The third-order valence-corrected chi connectivity index (χ3v) is 25.5. The number of aromatic nitrogens is 4. The van der Waals surface area contributed by atoms with E-state index in [4.69, 9.17) is 26.1 Å². The number of unbranched alkanes of at least 4 members (excludes halogenated alkanes) is 18. The molecule has 10 aromatic rings. The molecule has 438 valence electrons. The molecule has 11 rings (SSSR count). The van der Waals surface area contributed by atoms with Gasteiger partial charge in [-0.3, -0.25) is 0 Å². The number of fused-ring (bicyclic) bond motifs is 8. The van der Waals surface area contributed by atoms with Crippen LogP contribution in [0.15, 0.2) is 44.3 Å². The second-order valence-corrected chi connectivity index (χ2v) is 30.8. The van der Waals surface area contributed by atoms with Gasteiger partial charge in [-0.2, -0.15) is 0 Å². The number of thiophene rings is 6. The Bertz CT molecular complexity index is 3550. The van der Waals surface area contributed by atoms with Crippen molar-refractivity contribution in [1.29, 1.82) is 0 Å². The van der Waals surface area contributed by atoms with Crippen LogP contribution in [0.4, 0.5) is 11.4 Å². The van der Waals surface area contributed by atoms with Crippen molar-refractivity contribution in [2.45, 2.75) is 222 Å². The summed E-state index contributed by atoms with van der Waals surface area (Å²) in [5.74, 6) is 1.93. The first-order valence-corrected chi connectivity index (χ1v) is 38.7. The summed E-state index contributed by atoms with van der Waals surface area (Å²) in [6.07, 6.45) is 32.0. The number of hydrogen-bond acceptors (Lipinski definition) is 13. The van der Waals surface area contributed by atoms with Gasteiger partial charge in [0.15, 0.2) is 0 Å². The van der Waals surface area contributed by atoms with Crippen molar-refractivity contribution in [3.8, 4) is 51.9 Å². The normalized spacial score (nSPS) is 12.6. The SMILES string of the molecule is CCCCCCOc1cc(-c2c3c(c(-c4cc(OCCCCCC)c(-c5cc6c(s5)c5sc(CCCCCC)cc5n6CCCCCC)s4)c4nsnc24)N=[Se]=N3)sc1-c1cc2c(s1)c1sc(CCCCCC)cc1n2CCCCCC. The van der Waals surface area contributed by atoms with Gasteiger partial charge in [-0.15, -0.1) is 0 Å². The number of rotatable bonds is 36. The molecule has 9 aromatic heterocycles. The van der Waals surface area contributed by atoms with Gasteiger partial charge in [0.1, 0.15) is 0 Å². The Morgan fingerprint density at radius 1 is 0.390 bits per heavy atom. The van der Waals surface area contributed by atoms with Crippen LogP contribution in [0.1, 0.15) is 205 Å². The van der Waals surface area contributed by atoms with Crippen LogP contribution in [0.5, 0.6) is 11.5 Å². The molecular formula is C66H84N6O2S7Se. The molecule has 8 nitrogen and oxygen atoms in total. The minimum Gasteiger partial charge on any atom is -0.0654 e. The first-order valence-electron chi connectivity index (χ1n) is 31.5. The molecule has 0 unspecified atom stereocenters. The van der Waals surface area contributed by atoms with Crippen LogP contribution in [-0.2, 0) is 25.9 Å². The Balaban J connectivity index is 0.993. The van der Waals surface area contributed by atoms with Gasteiger partial charge in [-0.25, -0.2) is 0 Å². The fourth-order valence-electron chi connectivity index (χ4n) is 11.8. The standard InChI is InChI=1S/C66H84N6O2S7Se/c1-7-13-19-25-31-43-37-45-61(75-43)63-47(71(45)33-27-21-15-9-3)39-53(79-63)65-49(73-35-29-23-17-11-5)41-51(77-65)55-57-58(68-81-67-57)56(60-59(55)69-82-70-60)52-42-50(74-36-30-24-18-12-6)66(78-52)54-40-48-64(80-54)62-46(72(48)34-28-22-16-10-4)38-44(76-62)32-26-20-14-8-2/h37-42H,7-36H2,1-6H3. The van der Waals surface area contributed by atoms with Gasteiger partial charge < -0.3 is 0 Å². The van der Waals surface area contributed by atoms with E-state index in [2.05, 4.69) is 87.1 Å². The van der Waals surface area contributed by atoms with Gasteiger partial charge >= 0.3 is 381 Å². The molecule has 0 bridgehead atoms. The Hall–Kier alpha value is -3.44. The van der Waals surface area contributed by atoms with Gasteiger partial charge in [0.2, 0.25) is 0 Å². The Labute approximate surface area is 521 Å². The minimum atomic E-state index is -0.295. The summed E-state index contributed by atoms with van der Waals surface area (Å²) in [6, 6.07) is 14.6. The van der Waals surface area contributed by atoms with Crippen LogP contribution in [0.2, 0.25) is 0 Å². The molecule has 0 N–H and O–H groups in total. The quantitative estimate of drug-likeness (QED) is 0.0290. The number of benzene rings is 1. The van der Waals surface area contributed by atoms with Crippen LogP contribution < -0.4 is 9.47 Å². The second kappa shape index (κ2) is 29.3. The first kappa shape index (κ1) is 60.3. The predicted octanol–water partition coefficient (Wildman–Crippen LogP) is 24.6. The monoisotopic (exact) mass is 1300 g/mol. The fraction of sp³-hybridized carbons (Fsp3) is 0.545. The molecule has 0 saturated heterocycles. The van der Waals surface area contributed by atoms with Crippen LogP contribution >= 0.6 is 79.7 Å². The van der Waals surface area contributed by atoms with Crippen molar-refractivity contribution in [3.63, 3.8) is 0 Å². The number of aryl methyl sites for hydroxylation is 4. The van der Waals surface area contributed by atoms with E-state index >= 15 is 0 Å². The summed E-state index contributed by atoms with van der Waals surface area (Å²) in [6.45, 7) is 17.3. The molecule has 1 aliphatic heterocycles. The van der Waals surface area contributed by atoms with Crippen LogP contribution in [0.25, 0.3) is 92.3 Å². The van der Waals surface area contributed by atoms with E-state index in [0.29, 0.717) is 13.2 Å². The van der Waals surface area contributed by atoms with Gasteiger partial charge in [-0.05, 0) is 25.7 Å². The van der Waals surface area contributed by atoms with E-state index in [0.717, 1.165) is 80.7 Å². The van der Waals surface area contributed by atoms with E-state index < -0.39 is 0 Å². The fourth-order valence-corrected chi connectivity index (χ4v) is 21.1. The van der Waals surface area contributed by atoms with Crippen molar-refractivity contribution < 1.29 is 9.47 Å². The maximum absolute atomic E-state index is 6.93. The summed E-state index contributed by atoms with van der Waals surface area (Å²) in [7, 11) is 0. The molecule has 82 heavy (non-hydrogen) atoms. The predicted molar refractivity (Wildman–Crippen MR) is 366 cm³/mol. The third kappa shape index (κ3) is 13.1. The van der Waals surface area contributed by atoms with E-state index in [1.807, 2.05) is 68.0 Å². The van der Waals surface area contributed by atoms with E-state index in [9.17, 15) is 0 Å². The van der Waals surface area contributed by atoms with Crippen molar-refractivity contribution >= 4 is 158 Å². The molecule has 1 aromatic carbocycles. The smallest absolute Gasteiger partial charge is 0.0654 e. The van der Waals surface area contributed by atoms with E-state index in [1.165, 1.54) is 236 Å². The Morgan fingerprint density at radius 2 is 0.768 bits per heavy atom. The molecule has 10 heterocycles. The van der Waals surface area contributed by atoms with Crippen LogP contribution in [0, 0.1) is 0 Å². The zero-order valence-electron chi connectivity index (χ0n) is 49.4. The van der Waals surface area contributed by atoms with Gasteiger partial charge in [0.25, 0.3) is 0 Å².